The number of hydrogen-bond donors (Lipinski definition) is 1. The summed E-state index contributed by atoms with van der Waals surface area (Å²) in [5, 5.41) is 3.57. The maximum atomic E-state index is 12.4. The second kappa shape index (κ2) is 7.03. The van der Waals surface area contributed by atoms with Crippen LogP contribution in [0.1, 0.15) is 40.0 Å². The third-order valence-electron chi connectivity index (χ3n) is 3.88. The van der Waals surface area contributed by atoms with E-state index in [1.54, 1.807) is 24.3 Å². The van der Waals surface area contributed by atoms with Gasteiger partial charge in [0.25, 0.3) is 0 Å². The van der Waals surface area contributed by atoms with Crippen LogP contribution in [0.2, 0.25) is 5.02 Å². The summed E-state index contributed by atoms with van der Waals surface area (Å²) in [6.45, 7) is 6.02. The van der Waals surface area contributed by atoms with Crippen LogP contribution in [-0.4, -0.2) is 29.2 Å². The van der Waals surface area contributed by atoms with Gasteiger partial charge >= 0.3 is 6.03 Å². The van der Waals surface area contributed by atoms with E-state index in [2.05, 4.69) is 19.2 Å². The maximum Gasteiger partial charge on any atom is 0.320 e. The van der Waals surface area contributed by atoms with Gasteiger partial charge in [-0.25, -0.2) is 4.79 Å². The third kappa shape index (κ3) is 4.27. The molecule has 1 aliphatic rings. The fraction of sp³-hybridized carbons (Fsp3) is 0.562. The van der Waals surface area contributed by atoms with Crippen LogP contribution in [0.25, 0.3) is 0 Å². The number of amides is 2. The van der Waals surface area contributed by atoms with Crippen molar-refractivity contribution < 1.29 is 9.53 Å². The van der Waals surface area contributed by atoms with Crippen molar-refractivity contribution in [1.82, 2.24) is 10.2 Å². The topological polar surface area (TPSA) is 41.6 Å². The van der Waals surface area contributed by atoms with Crippen LogP contribution in [0.15, 0.2) is 24.3 Å². The zero-order chi connectivity index (χ0) is 15.4. The van der Waals surface area contributed by atoms with Crippen molar-refractivity contribution in [3.63, 3.8) is 0 Å². The monoisotopic (exact) mass is 310 g/mol. The van der Waals surface area contributed by atoms with Gasteiger partial charge in [-0.3, -0.25) is 0 Å². The summed E-state index contributed by atoms with van der Waals surface area (Å²) in [7, 11) is 0. The first-order valence-electron chi connectivity index (χ1n) is 7.48. The quantitative estimate of drug-likeness (QED) is 0.856. The molecule has 1 N–H and O–H groups in total. The van der Waals surface area contributed by atoms with Gasteiger partial charge in [0.1, 0.15) is 5.75 Å². The minimum Gasteiger partial charge on any atom is -0.471 e. The number of benzene rings is 1. The van der Waals surface area contributed by atoms with E-state index in [1.165, 1.54) is 6.42 Å². The highest BCUT2D eigenvalue weighted by atomic mass is 35.5. The number of hydrogen-bond acceptors (Lipinski definition) is 2. The molecule has 5 heteroatoms. The van der Waals surface area contributed by atoms with E-state index in [4.69, 9.17) is 16.3 Å². The van der Waals surface area contributed by atoms with Gasteiger partial charge in [0.15, 0.2) is 6.23 Å². The van der Waals surface area contributed by atoms with Crippen molar-refractivity contribution in [2.24, 2.45) is 0 Å². The largest absolute Gasteiger partial charge is 0.471 e. The van der Waals surface area contributed by atoms with Crippen LogP contribution in [0.4, 0.5) is 4.79 Å². The molecule has 0 aliphatic carbocycles. The molecule has 3 atom stereocenters. The Morgan fingerprint density at radius 2 is 1.86 bits per heavy atom. The van der Waals surface area contributed by atoms with Crippen LogP contribution < -0.4 is 10.1 Å². The molecule has 116 valence electrons. The van der Waals surface area contributed by atoms with Crippen molar-refractivity contribution in [2.45, 2.75) is 58.3 Å². The van der Waals surface area contributed by atoms with Crippen molar-refractivity contribution >= 4 is 17.6 Å². The molecule has 4 nitrogen and oxygen atoms in total. The summed E-state index contributed by atoms with van der Waals surface area (Å²) in [6, 6.07) is 7.60. The predicted octanol–water partition coefficient (Wildman–Crippen LogP) is 4.04. The molecular weight excluding hydrogens is 288 g/mol. The lowest BCUT2D eigenvalue weighted by atomic mass is 9.98. The minimum atomic E-state index is -0.389. The molecule has 0 aromatic heterocycles. The smallest absolute Gasteiger partial charge is 0.320 e. The molecule has 1 aromatic rings. The van der Waals surface area contributed by atoms with Gasteiger partial charge in [-0.2, -0.15) is 0 Å². The van der Waals surface area contributed by atoms with Gasteiger partial charge < -0.3 is 15.0 Å². The Hall–Kier alpha value is -1.42. The van der Waals surface area contributed by atoms with Crippen LogP contribution >= 0.6 is 11.6 Å². The first kappa shape index (κ1) is 16.0. The van der Waals surface area contributed by atoms with E-state index in [0.717, 1.165) is 12.8 Å². The number of nitrogens with zero attached hydrogens (tertiary/aromatic N) is 1. The summed E-state index contributed by atoms with van der Waals surface area (Å²) in [6.07, 6.45) is 2.91. The minimum absolute atomic E-state index is 0.0591. The number of urea groups is 1. The fourth-order valence-corrected chi connectivity index (χ4v) is 2.94. The van der Waals surface area contributed by atoms with Gasteiger partial charge in [-0.1, -0.05) is 11.6 Å². The molecule has 3 unspecified atom stereocenters. The average molecular weight is 311 g/mol. The Morgan fingerprint density at radius 3 is 2.43 bits per heavy atom. The third-order valence-corrected chi connectivity index (χ3v) is 4.13. The van der Waals surface area contributed by atoms with Crippen molar-refractivity contribution in [2.75, 3.05) is 0 Å². The lowest BCUT2D eigenvalue weighted by Crippen LogP contribution is -2.54. The molecule has 1 aliphatic heterocycles. The summed E-state index contributed by atoms with van der Waals surface area (Å²) in [4.78, 5) is 14.3. The van der Waals surface area contributed by atoms with E-state index in [-0.39, 0.29) is 24.3 Å². The Kier molecular flexibility index (Phi) is 5.34. The number of carbonyl (C=O) groups excluding carboxylic acids is 1. The Morgan fingerprint density at radius 1 is 1.29 bits per heavy atom. The zero-order valence-electron chi connectivity index (χ0n) is 12.8. The van der Waals surface area contributed by atoms with Gasteiger partial charge in [0.05, 0.1) is 0 Å². The second-order valence-electron chi connectivity index (χ2n) is 5.70. The number of piperidine rings is 1. The number of carbonyl (C=O) groups is 1. The molecule has 1 fully saturated rings. The Bertz CT molecular complexity index is 468. The van der Waals surface area contributed by atoms with E-state index < -0.39 is 0 Å². The molecule has 1 heterocycles. The molecule has 1 saturated heterocycles. The second-order valence-corrected chi connectivity index (χ2v) is 6.14. The number of nitrogens with one attached hydrogen (secondary N) is 1. The lowest BCUT2D eigenvalue weighted by molar-refractivity contribution is 0.104. The Labute approximate surface area is 131 Å². The van der Waals surface area contributed by atoms with Gasteiger partial charge in [0.2, 0.25) is 0 Å². The van der Waals surface area contributed by atoms with Gasteiger partial charge in [0, 0.05) is 17.1 Å². The van der Waals surface area contributed by atoms with Gasteiger partial charge in [-0.15, -0.1) is 0 Å². The molecule has 1 aromatic carbocycles. The van der Waals surface area contributed by atoms with Crippen LogP contribution in [0.3, 0.4) is 0 Å². The number of likely N-dealkylation sites (tertiary alicyclic amines) is 1. The SMILES string of the molecule is CC(NC(=O)N1C(C)CCCC1C)Oc1ccc(Cl)cc1. The molecule has 0 saturated carbocycles. The van der Waals surface area contributed by atoms with Gasteiger partial charge in [-0.05, 0) is 64.3 Å². The summed E-state index contributed by atoms with van der Waals surface area (Å²) >= 11 is 5.83. The van der Waals surface area contributed by atoms with Crippen molar-refractivity contribution in [3.8, 4) is 5.75 Å². The Balaban J connectivity index is 1.90. The molecule has 0 spiro atoms. The molecule has 0 bridgehead atoms. The number of rotatable bonds is 3. The van der Waals surface area contributed by atoms with E-state index >= 15 is 0 Å². The summed E-state index contributed by atoms with van der Waals surface area (Å²) in [5.41, 5.74) is 0. The van der Waals surface area contributed by atoms with E-state index in [1.807, 2.05) is 11.8 Å². The molecular formula is C16H23ClN2O2. The molecule has 2 rings (SSSR count). The summed E-state index contributed by atoms with van der Waals surface area (Å²) in [5.74, 6) is 0.687. The highest BCUT2D eigenvalue weighted by molar-refractivity contribution is 6.30. The fourth-order valence-electron chi connectivity index (χ4n) is 2.82. The predicted molar refractivity (Wildman–Crippen MR) is 84.7 cm³/mol. The van der Waals surface area contributed by atoms with E-state index in [0.29, 0.717) is 10.8 Å². The zero-order valence-corrected chi connectivity index (χ0v) is 13.6. The molecule has 21 heavy (non-hydrogen) atoms. The van der Waals surface area contributed by atoms with E-state index in [9.17, 15) is 4.79 Å². The number of ether oxygens (including phenoxy) is 1. The first-order chi connectivity index (χ1) is 9.97. The standard InChI is InChI=1S/C16H23ClN2O2/c1-11-5-4-6-12(2)19(11)16(20)18-13(3)21-15-9-7-14(17)8-10-15/h7-13H,4-6H2,1-3H3,(H,18,20). The highest BCUT2D eigenvalue weighted by Crippen LogP contribution is 2.22. The normalized spacial score (nSPS) is 23.5. The average Bonchev–Trinajstić information content (AvgIpc) is 2.41. The first-order valence-corrected chi connectivity index (χ1v) is 7.86. The lowest BCUT2D eigenvalue weighted by Gasteiger charge is -2.39. The molecule has 2 amide bonds. The summed E-state index contributed by atoms with van der Waals surface area (Å²) < 4.78 is 5.68. The molecule has 0 radical (unpaired) electrons. The van der Waals surface area contributed by atoms with Crippen LogP contribution in [0.5, 0.6) is 5.75 Å². The van der Waals surface area contributed by atoms with Crippen molar-refractivity contribution in [1.29, 1.82) is 0 Å². The van der Waals surface area contributed by atoms with Crippen LogP contribution in [-0.2, 0) is 0 Å². The number of halogens is 1. The highest BCUT2D eigenvalue weighted by Gasteiger charge is 2.29. The maximum absolute atomic E-state index is 12.4. The van der Waals surface area contributed by atoms with Crippen molar-refractivity contribution in [3.05, 3.63) is 29.3 Å². The van der Waals surface area contributed by atoms with Crippen LogP contribution in [0, 0.1) is 0 Å².